The van der Waals surface area contributed by atoms with Crippen molar-refractivity contribution in [2.75, 3.05) is 0 Å². The molecule has 0 heteroatoms. The standard InChI is InChI=1S/C47H32/c1-47(2)42-18-10-9-15-37(42)38-25-23-33(28-43(38)47)44-39-16-7-8-17-40(39)45(46-36-14-6-4-12-30(36)21-26-41(44)46)32-22-24-35-31(27-32)20-19-29-11-3-5-13-34(29)35/h3-28H,1-2H3. The molecule has 220 valence electrons. The molecule has 0 amide bonds. The van der Waals surface area contributed by atoms with Crippen LogP contribution in [0.2, 0.25) is 0 Å². The van der Waals surface area contributed by atoms with Gasteiger partial charge in [0.15, 0.2) is 0 Å². The number of fused-ring (bicyclic) bond motifs is 10. The fourth-order valence-electron chi connectivity index (χ4n) is 8.59. The second-order valence-corrected chi connectivity index (χ2v) is 13.7. The lowest BCUT2D eigenvalue weighted by Gasteiger charge is -2.23. The van der Waals surface area contributed by atoms with Crippen molar-refractivity contribution in [2.24, 2.45) is 0 Å². The van der Waals surface area contributed by atoms with E-state index in [9.17, 15) is 0 Å². The summed E-state index contributed by atoms with van der Waals surface area (Å²) < 4.78 is 0. The van der Waals surface area contributed by atoms with Gasteiger partial charge in [-0.15, -0.1) is 0 Å². The first-order chi connectivity index (χ1) is 23.1. The molecule has 0 saturated carbocycles. The van der Waals surface area contributed by atoms with Crippen LogP contribution in [0.25, 0.3) is 87.2 Å². The molecule has 1 aliphatic rings. The molecule has 9 aromatic carbocycles. The lowest BCUT2D eigenvalue weighted by atomic mass is 9.80. The highest BCUT2D eigenvalue weighted by atomic mass is 14.4. The fraction of sp³-hybridized carbons (Fsp3) is 0.0638. The summed E-state index contributed by atoms with van der Waals surface area (Å²) in [7, 11) is 0. The zero-order valence-electron chi connectivity index (χ0n) is 26.5. The Hall–Kier alpha value is -5.72. The second-order valence-electron chi connectivity index (χ2n) is 13.7. The summed E-state index contributed by atoms with van der Waals surface area (Å²) in [5.41, 5.74) is 10.6. The highest BCUT2D eigenvalue weighted by Gasteiger charge is 2.35. The van der Waals surface area contributed by atoms with Crippen molar-refractivity contribution >= 4 is 53.9 Å². The Kier molecular flexibility index (Phi) is 5.44. The van der Waals surface area contributed by atoms with E-state index in [4.69, 9.17) is 0 Å². The molecule has 0 radical (unpaired) electrons. The predicted molar refractivity (Wildman–Crippen MR) is 202 cm³/mol. The van der Waals surface area contributed by atoms with Crippen molar-refractivity contribution in [1.29, 1.82) is 0 Å². The van der Waals surface area contributed by atoms with Gasteiger partial charge in [0.25, 0.3) is 0 Å². The van der Waals surface area contributed by atoms with E-state index in [2.05, 4.69) is 172 Å². The summed E-state index contributed by atoms with van der Waals surface area (Å²) in [6.07, 6.45) is 0. The van der Waals surface area contributed by atoms with E-state index >= 15 is 0 Å². The number of hydrogen-bond donors (Lipinski definition) is 0. The second kappa shape index (κ2) is 9.64. The summed E-state index contributed by atoms with van der Waals surface area (Å²) in [4.78, 5) is 0. The SMILES string of the molecule is CC1(C)c2ccccc2-c2ccc(-c3c4ccccc4c(-c4ccc5c(ccc6ccccc65)c4)c4c3ccc3ccccc34)cc21. The van der Waals surface area contributed by atoms with Crippen molar-refractivity contribution < 1.29 is 0 Å². The quantitative estimate of drug-likeness (QED) is 0.138. The highest BCUT2D eigenvalue weighted by molar-refractivity contribution is 6.28. The average molecular weight is 597 g/mol. The molecular weight excluding hydrogens is 565 g/mol. The van der Waals surface area contributed by atoms with E-state index in [-0.39, 0.29) is 5.41 Å². The van der Waals surface area contributed by atoms with Crippen LogP contribution in [-0.2, 0) is 5.41 Å². The van der Waals surface area contributed by atoms with Gasteiger partial charge in [0, 0.05) is 5.41 Å². The molecular formula is C47H32. The van der Waals surface area contributed by atoms with Crippen LogP contribution < -0.4 is 0 Å². The van der Waals surface area contributed by atoms with Gasteiger partial charge in [0.2, 0.25) is 0 Å². The van der Waals surface area contributed by atoms with Crippen LogP contribution in [0.15, 0.2) is 158 Å². The van der Waals surface area contributed by atoms with Crippen LogP contribution in [0.1, 0.15) is 25.0 Å². The summed E-state index contributed by atoms with van der Waals surface area (Å²) in [6, 6.07) is 59.0. The van der Waals surface area contributed by atoms with Gasteiger partial charge < -0.3 is 0 Å². The van der Waals surface area contributed by atoms with E-state index in [1.807, 2.05) is 0 Å². The zero-order valence-corrected chi connectivity index (χ0v) is 26.5. The molecule has 0 heterocycles. The van der Waals surface area contributed by atoms with Crippen LogP contribution in [0, 0.1) is 0 Å². The van der Waals surface area contributed by atoms with Gasteiger partial charge in [0.1, 0.15) is 0 Å². The third-order valence-electron chi connectivity index (χ3n) is 10.8. The monoisotopic (exact) mass is 596 g/mol. The number of hydrogen-bond acceptors (Lipinski definition) is 0. The van der Waals surface area contributed by atoms with Gasteiger partial charge >= 0.3 is 0 Å². The molecule has 47 heavy (non-hydrogen) atoms. The Morgan fingerprint density at radius 3 is 1.70 bits per heavy atom. The minimum atomic E-state index is -0.0601. The van der Waals surface area contributed by atoms with Gasteiger partial charge in [-0.1, -0.05) is 159 Å². The molecule has 0 N–H and O–H groups in total. The molecule has 0 atom stereocenters. The zero-order chi connectivity index (χ0) is 31.3. The Labute approximate surface area is 274 Å². The molecule has 0 unspecified atom stereocenters. The highest BCUT2D eigenvalue weighted by Crippen LogP contribution is 2.52. The van der Waals surface area contributed by atoms with Crippen LogP contribution in [0.3, 0.4) is 0 Å². The van der Waals surface area contributed by atoms with Crippen molar-refractivity contribution in [1.82, 2.24) is 0 Å². The normalized spacial score (nSPS) is 13.5. The van der Waals surface area contributed by atoms with E-state index in [1.54, 1.807) is 0 Å². The molecule has 1 aliphatic carbocycles. The summed E-state index contributed by atoms with van der Waals surface area (Å²) in [5.74, 6) is 0. The minimum absolute atomic E-state index is 0.0601. The Morgan fingerprint density at radius 1 is 0.340 bits per heavy atom. The third kappa shape index (κ3) is 3.70. The van der Waals surface area contributed by atoms with E-state index < -0.39 is 0 Å². The molecule has 0 saturated heterocycles. The van der Waals surface area contributed by atoms with Gasteiger partial charge in [0.05, 0.1) is 0 Å². The van der Waals surface area contributed by atoms with Crippen molar-refractivity contribution in [3.05, 3.63) is 169 Å². The van der Waals surface area contributed by atoms with Crippen molar-refractivity contribution in [2.45, 2.75) is 19.3 Å². The minimum Gasteiger partial charge on any atom is -0.0619 e. The van der Waals surface area contributed by atoms with Crippen molar-refractivity contribution in [3.8, 4) is 33.4 Å². The first-order valence-corrected chi connectivity index (χ1v) is 16.6. The summed E-state index contributed by atoms with van der Waals surface area (Å²) in [6.45, 7) is 4.74. The fourth-order valence-corrected chi connectivity index (χ4v) is 8.59. The average Bonchev–Trinajstić information content (AvgIpc) is 3.35. The third-order valence-corrected chi connectivity index (χ3v) is 10.8. The molecule has 0 bridgehead atoms. The molecule has 10 rings (SSSR count). The lowest BCUT2D eigenvalue weighted by molar-refractivity contribution is 0.660. The number of benzene rings is 9. The predicted octanol–water partition coefficient (Wildman–Crippen LogP) is 13.1. The van der Waals surface area contributed by atoms with Gasteiger partial charge in [-0.05, 0) is 111 Å². The smallest absolute Gasteiger partial charge is 0.0159 e. The molecule has 9 aromatic rings. The van der Waals surface area contributed by atoms with Crippen LogP contribution in [0.5, 0.6) is 0 Å². The first kappa shape index (κ1) is 26.5. The molecule has 0 nitrogen and oxygen atoms in total. The maximum Gasteiger partial charge on any atom is 0.0159 e. The molecule has 0 aromatic heterocycles. The van der Waals surface area contributed by atoms with E-state index in [0.717, 1.165) is 0 Å². The van der Waals surface area contributed by atoms with Gasteiger partial charge in [-0.2, -0.15) is 0 Å². The molecule has 0 spiro atoms. The Bertz CT molecular complexity index is 2760. The Balaban J connectivity index is 1.32. The van der Waals surface area contributed by atoms with Crippen molar-refractivity contribution in [3.63, 3.8) is 0 Å². The Morgan fingerprint density at radius 2 is 0.872 bits per heavy atom. The largest absolute Gasteiger partial charge is 0.0619 e. The van der Waals surface area contributed by atoms with Gasteiger partial charge in [-0.3, -0.25) is 0 Å². The van der Waals surface area contributed by atoms with Crippen LogP contribution in [0.4, 0.5) is 0 Å². The maximum atomic E-state index is 2.48. The van der Waals surface area contributed by atoms with E-state index in [1.165, 1.54) is 98.4 Å². The van der Waals surface area contributed by atoms with Crippen LogP contribution >= 0.6 is 0 Å². The maximum absolute atomic E-state index is 2.48. The number of rotatable bonds is 2. The van der Waals surface area contributed by atoms with Crippen LogP contribution in [-0.4, -0.2) is 0 Å². The molecule has 0 aliphatic heterocycles. The van der Waals surface area contributed by atoms with E-state index in [0.29, 0.717) is 0 Å². The molecule has 0 fully saturated rings. The van der Waals surface area contributed by atoms with Gasteiger partial charge in [-0.25, -0.2) is 0 Å². The first-order valence-electron chi connectivity index (χ1n) is 16.6. The summed E-state index contributed by atoms with van der Waals surface area (Å²) in [5, 5.41) is 12.9. The topological polar surface area (TPSA) is 0 Å². The summed E-state index contributed by atoms with van der Waals surface area (Å²) >= 11 is 0. The lowest BCUT2D eigenvalue weighted by Crippen LogP contribution is -2.14.